The van der Waals surface area contributed by atoms with Gasteiger partial charge >= 0.3 is 0 Å². The lowest BCUT2D eigenvalue weighted by atomic mass is 10.1. The van der Waals surface area contributed by atoms with E-state index >= 15 is 0 Å². The zero-order valence-electron chi connectivity index (χ0n) is 17.1. The van der Waals surface area contributed by atoms with Crippen LogP contribution in [0, 0.1) is 6.92 Å². The van der Waals surface area contributed by atoms with Crippen molar-refractivity contribution >= 4 is 23.4 Å². The van der Waals surface area contributed by atoms with E-state index in [1.165, 1.54) is 11.8 Å². The monoisotopic (exact) mass is 431 g/mol. The summed E-state index contributed by atoms with van der Waals surface area (Å²) < 4.78 is 6.90. The largest absolute Gasteiger partial charge is 0.497 e. The molecule has 1 unspecified atom stereocenters. The van der Waals surface area contributed by atoms with Gasteiger partial charge in [0.15, 0.2) is 0 Å². The summed E-state index contributed by atoms with van der Waals surface area (Å²) in [5, 5.41) is 15.1. The van der Waals surface area contributed by atoms with Gasteiger partial charge in [-0.05, 0) is 52.7 Å². The average Bonchev–Trinajstić information content (AvgIpc) is 3.26. The number of ether oxygens (including phenoxy) is 1. The van der Waals surface area contributed by atoms with E-state index in [1.54, 1.807) is 17.9 Å². The summed E-state index contributed by atoms with van der Waals surface area (Å²) in [6.45, 7) is 2.01. The van der Waals surface area contributed by atoms with Crippen molar-refractivity contribution < 1.29 is 9.53 Å². The number of benzene rings is 3. The molecule has 0 aliphatic carbocycles. The van der Waals surface area contributed by atoms with Crippen molar-refractivity contribution in [3.8, 4) is 11.4 Å². The van der Waals surface area contributed by atoms with Gasteiger partial charge in [-0.25, -0.2) is 0 Å². The molecule has 1 amide bonds. The Bertz CT molecular complexity index is 1180. The molecule has 0 saturated heterocycles. The molecule has 4 aromatic rings. The first-order chi connectivity index (χ1) is 15.1. The van der Waals surface area contributed by atoms with Crippen LogP contribution in [0.2, 0.25) is 0 Å². The maximum atomic E-state index is 13.3. The fraction of sp³-hybridized carbons (Fsp3) is 0.130. The molecule has 0 aliphatic rings. The molecule has 4 rings (SSSR count). The van der Waals surface area contributed by atoms with Crippen LogP contribution in [-0.2, 0) is 4.79 Å². The van der Waals surface area contributed by atoms with Gasteiger partial charge < -0.3 is 10.1 Å². The fourth-order valence-corrected chi connectivity index (χ4v) is 4.08. The number of aromatic nitrogens is 4. The number of aryl methyl sites for hydroxylation is 1. The highest BCUT2D eigenvalue weighted by Crippen LogP contribution is 2.36. The number of hydrogen-bond donors (Lipinski definition) is 1. The number of tetrazole rings is 1. The lowest BCUT2D eigenvalue weighted by Gasteiger charge is -2.17. The van der Waals surface area contributed by atoms with Gasteiger partial charge in [-0.3, -0.25) is 4.79 Å². The number of rotatable bonds is 7. The summed E-state index contributed by atoms with van der Waals surface area (Å²) in [6.07, 6.45) is 0. The Balaban J connectivity index is 1.64. The highest BCUT2D eigenvalue weighted by Gasteiger charge is 2.25. The molecular formula is C23H21N5O2S. The third-order valence-electron chi connectivity index (χ3n) is 4.59. The Morgan fingerprint density at radius 1 is 1.03 bits per heavy atom. The van der Waals surface area contributed by atoms with Gasteiger partial charge in [0.2, 0.25) is 11.1 Å². The first-order valence-corrected chi connectivity index (χ1v) is 10.5. The van der Waals surface area contributed by atoms with E-state index in [9.17, 15) is 4.79 Å². The third kappa shape index (κ3) is 4.92. The summed E-state index contributed by atoms with van der Waals surface area (Å²) in [6, 6.07) is 24.7. The smallest absolute Gasteiger partial charge is 0.242 e. The predicted molar refractivity (Wildman–Crippen MR) is 121 cm³/mol. The van der Waals surface area contributed by atoms with E-state index in [1.807, 2.05) is 79.7 Å². The maximum Gasteiger partial charge on any atom is 0.242 e. The van der Waals surface area contributed by atoms with Crippen molar-refractivity contribution in [2.24, 2.45) is 0 Å². The fourth-order valence-electron chi connectivity index (χ4n) is 3.09. The van der Waals surface area contributed by atoms with Crippen molar-refractivity contribution in [1.29, 1.82) is 0 Å². The van der Waals surface area contributed by atoms with Crippen molar-refractivity contribution in [3.05, 3.63) is 90.0 Å². The summed E-state index contributed by atoms with van der Waals surface area (Å²) >= 11 is 1.30. The summed E-state index contributed by atoms with van der Waals surface area (Å²) in [5.41, 5.74) is 3.45. The Labute approximate surface area is 184 Å². The quantitative estimate of drug-likeness (QED) is 0.435. The van der Waals surface area contributed by atoms with Gasteiger partial charge in [0.25, 0.3) is 0 Å². The Hall–Kier alpha value is -3.65. The molecule has 1 atom stereocenters. The normalized spacial score (nSPS) is 11.7. The van der Waals surface area contributed by atoms with Crippen molar-refractivity contribution in [2.45, 2.75) is 17.3 Å². The van der Waals surface area contributed by atoms with Crippen LogP contribution in [0.5, 0.6) is 5.75 Å². The summed E-state index contributed by atoms with van der Waals surface area (Å²) in [4.78, 5) is 13.3. The standard InChI is InChI=1S/C23H21N5O2S/c1-16-8-6-12-19(14-16)28-23(25-26-27-28)31-21(17-9-4-3-5-10-17)22(29)24-18-11-7-13-20(15-18)30-2/h3-15,21H,1-2H3,(H,24,29). The second-order valence-electron chi connectivity index (χ2n) is 6.84. The molecule has 1 heterocycles. The molecule has 0 saturated carbocycles. The van der Waals surface area contributed by atoms with E-state index < -0.39 is 5.25 Å². The van der Waals surface area contributed by atoms with Gasteiger partial charge in [-0.1, -0.05) is 60.3 Å². The van der Waals surface area contributed by atoms with E-state index in [0.29, 0.717) is 16.6 Å². The number of amides is 1. The molecule has 0 fully saturated rings. The minimum Gasteiger partial charge on any atom is -0.497 e. The van der Waals surface area contributed by atoms with Crippen LogP contribution >= 0.6 is 11.8 Å². The van der Waals surface area contributed by atoms with Gasteiger partial charge in [0.05, 0.1) is 12.8 Å². The van der Waals surface area contributed by atoms with Crippen LogP contribution in [0.4, 0.5) is 5.69 Å². The van der Waals surface area contributed by atoms with Crippen LogP contribution in [0.25, 0.3) is 5.69 Å². The summed E-state index contributed by atoms with van der Waals surface area (Å²) in [7, 11) is 1.59. The van der Waals surface area contributed by atoms with Crippen LogP contribution in [0.1, 0.15) is 16.4 Å². The van der Waals surface area contributed by atoms with E-state index in [2.05, 4.69) is 20.8 Å². The Kier molecular flexibility index (Phi) is 6.28. The minimum atomic E-state index is -0.554. The van der Waals surface area contributed by atoms with Gasteiger partial charge in [-0.15, -0.1) is 5.10 Å². The number of thioether (sulfide) groups is 1. The number of methoxy groups -OCH3 is 1. The molecule has 156 valence electrons. The summed E-state index contributed by atoms with van der Waals surface area (Å²) in [5.74, 6) is 0.494. The zero-order chi connectivity index (χ0) is 21.6. The van der Waals surface area contributed by atoms with E-state index in [-0.39, 0.29) is 5.91 Å². The van der Waals surface area contributed by atoms with Crippen molar-refractivity contribution in [3.63, 3.8) is 0 Å². The van der Waals surface area contributed by atoms with Crippen molar-refractivity contribution in [1.82, 2.24) is 20.2 Å². The number of anilines is 1. The number of nitrogens with one attached hydrogen (secondary N) is 1. The first-order valence-electron chi connectivity index (χ1n) is 9.66. The van der Waals surface area contributed by atoms with E-state index in [4.69, 9.17) is 4.74 Å². The van der Waals surface area contributed by atoms with Crippen LogP contribution < -0.4 is 10.1 Å². The molecule has 0 bridgehead atoms. The van der Waals surface area contributed by atoms with Gasteiger partial charge in [0, 0.05) is 11.8 Å². The molecule has 1 aromatic heterocycles. The number of hydrogen-bond acceptors (Lipinski definition) is 6. The third-order valence-corrected chi connectivity index (χ3v) is 5.78. The highest BCUT2D eigenvalue weighted by atomic mass is 32.2. The zero-order valence-corrected chi connectivity index (χ0v) is 17.9. The molecule has 8 heteroatoms. The van der Waals surface area contributed by atoms with Crippen LogP contribution in [0.15, 0.2) is 84.0 Å². The lowest BCUT2D eigenvalue weighted by Crippen LogP contribution is -2.19. The second-order valence-corrected chi connectivity index (χ2v) is 7.91. The average molecular weight is 432 g/mol. The molecule has 0 aliphatic heterocycles. The first kappa shape index (κ1) is 20.6. The van der Waals surface area contributed by atoms with Crippen LogP contribution in [0.3, 0.4) is 0 Å². The minimum absolute atomic E-state index is 0.178. The van der Waals surface area contributed by atoms with Gasteiger partial charge in [-0.2, -0.15) is 4.68 Å². The maximum absolute atomic E-state index is 13.3. The van der Waals surface area contributed by atoms with E-state index in [0.717, 1.165) is 16.8 Å². The Morgan fingerprint density at radius 2 is 1.84 bits per heavy atom. The molecule has 1 N–H and O–H groups in total. The molecule has 7 nitrogen and oxygen atoms in total. The van der Waals surface area contributed by atoms with Crippen LogP contribution in [-0.4, -0.2) is 33.2 Å². The lowest BCUT2D eigenvalue weighted by molar-refractivity contribution is -0.115. The number of carbonyl (C=O) groups excluding carboxylic acids is 1. The molecule has 3 aromatic carbocycles. The number of nitrogens with zero attached hydrogens (tertiary/aromatic N) is 4. The second kappa shape index (κ2) is 9.44. The van der Waals surface area contributed by atoms with Crippen molar-refractivity contribution in [2.75, 3.05) is 12.4 Å². The Morgan fingerprint density at radius 3 is 2.61 bits per heavy atom. The molecular weight excluding hydrogens is 410 g/mol. The topological polar surface area (TPSA) is 81.9 Å². The molecule has 0 radical (unpaired) electrons. The number of carbonyl (C=O) groups is 1. The highest BCUT2D eigenvalue weighted by molar-refractivity contribution is 8.00. The molecule has 31 heavy (non-hydrogen) atoms. The molecule has 0 spiro atoms. The SMILES string of the molecule is COc1cccc(NC(=O)C(Sc2nnnn2-c2cccc(C)c2)c2ccccc2)c1. The van der Waals surface area contributed by atoms with Gasteiger partial charge in [0.1, 0.15) is 11.0 Å². The predicted octanol–water partition coefficient (Wildman–Crippen LogP) is 4.45.